The molecule has 6 nitrogen and oxygen atoms in total. The Hall–Kier alpha value is -2.23. The molecule has 2 fully saturated rings. The molecule has 2 saturated heterocycles. The Morgan fingerprint density at radius 2 is 2.04 bits per heavy atom. The molecule has 1 aromatic carbocycles. The monoisotopic (exact) mass is 337 g/mol. The van der Waals surface area contributed by atoms with E-state index in [0.717, 1.165) is 56.8 Å². The molecule has 4 rings (SSSR count). The van der Waals surface area contributed by atoms with Gasteiger partial charge in [0.15, 0.2) is 0 Å². The van der Waals surface area contributed by atoms with E-state index in [9.17, 15) is 5.26 Å². The molecular weight excluding hydrogens is 314 g/mol. The maximum absolute atomic E-state index is 9.88. The van der Waals surface area contributed by atoms with Crippen LogP contribution in [0.1, 0.15) is 37.9 Å². The molecule has 0 N–H and O–H groups in total. The Bertz CT molecular complexity index is 739. The van der Waals surface area contributed by atoms with E-state index in [-0.39, 0.29) is 11.6 Å². The van der Waals surface area contributed by atoms with Gasteiger partial charge in [0.1, 0.15) is 18.2 Å². The average molecular weight is 337 g/mol. The van der Waals surface area contributed by atoms with Crippen molar-refractivity contribution in [1.82, 2.24) is 19.7 Å². The van der Waals surface area contributed by atoms with Gasteiger partial charge in [-0.3, -0.25) is 4.90 Å². The quantitative estimate of drug-likeness (QED) is 0.861. The molecule has 0 saturated carbocycles. The number of ether oxygens (including phenoxy) is 1. The Morgan fingerprint density at radius 1 is 1.20 bits per heavy atom. The number of nitrogens with zero attached hydrogens (tertiary/aromatic N) is 5. The van der Waals surface area contributed by atoms with E-state index >= 15 is 0 Å². The van der Waals surface area contributed by atoms with Crippen molar-refractivity contribution in [2.45, 2.75) is 50.3 Å². The highest BCUT2D eigenvalue weighted by atomic mass is 16.5. The third-order valence-electron chi connectivity index (χ3n) is 5.38. The maximum atomic E-state index is 9.88. The molecular formula is C19H23N5O. The average Bonchev–Trinajstić information content (AvgIpc) is 3.11. The summed E-state index contributed by atoms with van der Waals surface area (Å²) in [5, 5.41) is 14.3. The highest BCUT2D eigenvalue weighted by Crippen LogP contribution is 2.38. The van der Waals surface area contributed by atoms with Crippen molar-refractivity contribution in [3.8, 4) is 11.8 Å². The van der Waals surface area contributed by atoms with Crippen molar-refractivity contribution in [2.75, 3.05) is 13.2 Å². The molecule has 2 aliphatic rings. The molecule has 2 unspecified atom stereocenters. The van der Waals surface area contributed by atoms with Crippen LogP contribution in [-0.4, -0.2) is 44.5 Å². The van der Waals surface area contributed by atoms with E-state index in [1.807, 2.05) is 35.0 Å². The summed E-state index contributed by atoms with van der Waals surface area (Å²) in [6.07, 6.45) is 6.84. The van der Waals surface area contributed by atoms with E-state index in [4.69, 9.17) is 4.74 Å². The molecule has 2 aromatic rings. The van der Waals surface area contributed by atoms with Gasteiger partial charge in [0.25, 0.3) is 0 Å². The number of hydrogen-bond donors (Lipinski definition) is 0. The van der Waals surface area contributed by atoms with Gasteiger partial charge in [0, 0.05) is 13.2 Å². The molecule has 0 radical (unpaired) electrons. The van der Waals surface area contributed by atoms with Crippen molar-refractivity contribution in [3.05, 3.63) is 42.5 Å². The number of benzene rings is 1. The fraction of sp³-hybridized carbons (Fsp3) is 0.526. The molecule has 3 heterocycles. The van der Waals surface area contributed by atoms with Gasteiger partial charge < -0.3 is 4.74 Å². The minimum atomic E-state index is -0.303. The molecule has 0 amide bonds. The second-order valence-electron chi connectivity index (χ2n) is 6.90. The topological polar surface area (TPSA) is 67.0 Å². The van der Waals surface area contributed by atoms with Crippen LogP contribution in [-0.2, 0) is 11.3 Å². The minimum Gasteiger partial charge on any atom is -0.372 e. The number of hydrogen-bond acceptors (Lipinski definition) is 5. The number of piperidine rings is 1. The summed E-state index contributed by atoms with van der Waals surface area (Å²) >= 11 is 0. The van der Waals surface area contributed by atoms with Gasteiger partial charge in [0.2, 0.25) is 0 Å². The first-order chi connectivity index (χ1) is 12.3. The van der Waals surface area contributed by atoms with Gasteiger partial charge in [0.05, 0.1) is 23.9 Å². The molecule has 25 heavy (non-hydrogen) atoms. The van der Waals surface area contributed by atoms with Gasteiger partial charge >= 0.3 is 0 Å². The van der Waals surface area contributed by atoms with Crippen molar-refractivity contribution >= 4 is 0 Å². The molecule has 0 bridgehead atoms. The number of nitriles is 1. The van der Waals surface area contributed by atoms with Crippen LogP contribution in [0.3, 0.4) is 0 Å². The van der Waals surface area contributed by atoms with E-state index < -0.39 is 0 Å². The van der Waals surface area contributed by atoms with Crippen LogP contribution in [0.4, 0.5) is 0 Å². The lowest BCUT2D eigenvalue weighted by Crippen LogP contribution is -2.58. The van der Waals surface area contributed by atoms with Crippen molar-refractivity contribution < 1.29 is 4.74 Å². The van der Waals surface area contributed by atoms with Crippen molar-refractivity contribution in [3.63, 3.8) is 0 Å². The van der Waals surface area contributed by atoms with E-state index in [1.165, 1.54) is 0 Å². The van der Waals surface area contributed by atoms with Crippen LogP contribution in [0, 0.1) is 11.3 Å². The first-order valence-corrected chi connectivity index (χ1v) is 9.04. The third-order valence-corrected chi connectivity index (χ3v) is 5.38. The number of likely N-dealkylation sites (tertiary alicyclic amines) is 1. The van der Waals surface area contributed by atoms with Crippen molar-refractivity contribution in [1.29, 1.82) is 5.26 Å². The number of rotatable bonds is 3. The second-order valence-corrected chi connectivity index (χ2v) is 6.90. The SMILES string of the molecule is N#CC1N(Cc2ncnn2-c2ccccc2)CCCC12CCCCO2. The number of para-hydroxylation sites is 1. The lowest BCUT2D eigenvalue weighted by Gasteiger charge is -2.48. The van der Waals surface area contributed by atoms with Gasteiger partial charge in [-0.1, -0.05) is 18.2 Å². The van der Waals surface area contributed by atoms with Crippen LogP contribution < -0.4 is 0 Å². The van der Waals surface area contributed by atoms with E-state index in [1.54, 1.807) is 6.33 Å². The molecule has 2 atom stereocenters. The highest BCUT2D eigenvalue weighted by Gasteiger charge is 2.47. The molecule has 6 heteroatoms. The Kier molecular flexibility index (Phi) is 4.51. The standard InChI is InChI=1S/C19H23N5O/c20-13-17-19(9-4-5-12-25-19)10-6-11-23(17)14-18-21-15-22-24(18)16-7-2-1-3-8-16/h1-3,7-8,15,17H,4-6,9-12,14H2. The highest BCUT2D eigenvalue weighted by molar-refractivity contribution is 5.30. The van der Waals surface area contributed by atoms with Crippen LogP contribution in [0.2, 0.25) is 0 Å². The zero-order valence-electron chi connectivity index (χ0n) is 14.3. The fourth-order valence-electron chi connectivity index (χ4n) is 4.18. The van der Waals surface area contributed by atoms with Gasteiger partial charge in [-0.15, -0.1) is 0 Å². The lowest BCUT2D eigenvalue weighted by molar-refractivity contribution is -0.138. The van der Waals surface area contributed by atoms with Gasteiger partial charge in [-0.2, -0.15) is 10.4 Å². The van der Waals surface area contributed by atoms with E-state index in [0.29, 0.717) is 6.54 Å². The largest absolute Gasteiger partial charge is 0.372 e. The first kappa shape index (κ1) is 16.2. The third kappa shape index (κ3) is 3.06. The maximum Gasteiger partial charge on any atom is 0.146 e. The molecule has 2 aliphatic heterocycles. The summed E-state index contributed by atoms with van der Waals surface area (Å²) in [6.45, 7) is 2.27. The minimum absolute atomic E-state index is 0.220. The summed E-state index contributed by atoms with van der Waals surface area (Å²) in [6, 6.07) is 12.3. The fourth-order valence-corrected chi connectivity index (χ4v) is 4.18. The molecule has 130 valence electrons. The van der Waals surface area contributed by atoms with Crippen molar-refractivity contribution in [2.24, 2.45) is 0 Å². The van der Waals surface area contributed by atoms with E-state index in [2.05, 4.69) is 21.1 Å². The predicted molar refractivity (Wildman–Crippen MR) is 92.9 cm³/mol. The Balaban J connectivity index is 1.58. The zero-order chi connectivity index (χ0) is 17.1. The summed E-state index contributed by atoms with van der Waals surface area (Å²) in [4.78, 5) is 6.67. The Morgan fingerprint density at radius 3 is 2.80 bits per heavy atom. The molecule has 0 aliphatic carbocycles. The first-order valence-electron chi connectivity index (χ1n) is 9.04. The molecule has 1 spiro atoms. The normalized spacial score (nSPS) is 27.2. The summed E-state index contributed by atoms with van der Waals surface area (Å²) in [7, 11) is 0. The van der Waals surface area contributed by atoms with Crippen LogP contribution in [0.5, 0.6) is 0 Å². The van der Waals surface area contributed by atoms with Crippen LogP contribution in [0.15, 0.2) is 36.7 Å². The Labute approximate surface area is 148 Å². The predicted octanol–water partition coefficient (Wildman–Crippen LogP) is 2.69. The lowest BCUT2D eigenvalue weighted by atomic mass is 9.79. The van der Waals surface area contributed by atoms with Crippen LogP contribution >= 0.6 is 0 Å². The number of aromatic nitrogens is 3. The second kappa shape index (κ2) is 6.95. The summed E-state index contributed by atoms with van der Waals surface area (Å²) in [5.74, 6) is 0.860. The summed E-state index contributed by atoms with van der Waals surface area (Å²) < 4.78 is 8.03. The van der Waals surface area contributed by atoms with Gasteiger partial charge in [-0.05, 0) is 44.2 Å². The zero-order valence-corrected chi connectivity index (χ0v) is 14.3. The van der Waals surface area contributed by atoms with Crippen LogP contribution in [0.25, 0.3) is 5.69 Å². The smallest absolute Gasteiger partial charge is 0.146 e. The summed E-state index contributed by atoms with van der Waals surface area (Å²) in [5.41, 5.74) is 0.687. The van der Waals surface area contributed by atoms with Gasteiger partial charge in [-0.25, -0.2) is 9.67 Å². The molecule has 1 aromatic heterocycles.